The molecule has 0 saturated heterocycles. The van der Waals surface area contributed by atoms with Crippen LogP contribution >= 0.6 is 0 Å². The zero-order chi connectivity index (χ0) is 12.8. The van der Waals surface area contributed by atoms with Gasteiger partial charge < -0.3 is 6.15 Å². The van der Waals surface area contributed by atoms with Gasteiger partial charge in [-0.05, 0) is 34.6 Å². The first-order chi connectivity index (χ1) is 8.60. The molecule has 0 unspecified atom stereocenters. The maximum atomic E-state index is 2.35. The van der Waals surface area contributed by atoms with Gasteiger partial charge in [0, 0.05) is 5.41 Å². The van der Waals surface area contributed by atoms with E-state index in [0.29, 0.717) is 5.92 Å². The normalized spacial score (nSPS) is 19.6. The third-order valence-corrected chi connectivity index (χ3v) is 4.38. The summed E-state index contributed by atoms with van der Waals surface area (Å²) in [5.41, 5.74) is 6.10. The fraction of sp³-hybridized carbons (Fsp3) is 0.333. The molecule has 1 atom stereocenters. The van der Waals surface area contributed by atoms with E-state index < -0.39 is 0 Å². The zero-order valence-electron chi connectivity index (χ0n) is 12.1. The Morgan fingerprint density at radius 1 is 0.895 bits per heavy atom. The summed E-state index contributed by atoms with van der Waals surface area (Å²) < 4.78 is 0. The van der Waals surface area contributed by atoms with Gasteiger partial charge in [0.1, 0.15) is 0 Å². The van der Waals surface area contributed by atoms with Crippen molar-refractivity contribution in [2.45, 2.75) is 38.5 Å². The Morgan fingerprint density at radius 3 is 2.21 bits per heavy atom. The summed E-state index contributed by atoms with van der Waals surface area (Å²) in [5, 5.41) is 0. The van der Waals surface area contributed by atoms with Gasteiger partial charge in [-0.15, -0.1) is 0 Å². The summed E-state index contributed by atoms with van der Waals surface area (Å²) >= 11 is 0. The van der Waals surface area contributed by atoms with E-state index in [1.807, 2.05) is 0 Å². The second-order valence-electron chi connectivity index (χ2n) is 5.97. The van der Waals surface area contributed by atoms with Crippen LogP contribution in [0.3, 0.4) is 0 Å². The van der Waals surface area contributed by atoms with E-state index in [9.17, 15) is 0 Å². The van der Waals surface area contributed by atoms with Crippen molar-refractivity contribution in [1.82, 2.24) is 6.15 Å². The van der Waals surface area contributed by atoms with Gasteiger partial charge in [-0.2, -0.15) is 0 Å². The fourth-order valence-electron chi connectivity index (χ4n) is 3.39. The van der Waals surface area contributed by atoms with Crippen molar-refractivity contribution >= 4 is 0 Å². The smallest absolute Gasteiger partial charge is 0.0152 e. The molecule has 100 valence electrons. The Kier molecular flexibility index (Phi) is 3.51. The Hall–Kier alpha value is -1.60. The van der Waals surface area contributed by atoms with Crippen LogP contribution in [-0.2, 0) is 11.8 Å². The molecule has 0 saturated carbocycles. The molecule has 0 aromatic heterocycles. The van der Waals surface area contributed by atoms with Crippen molar-refractivity contribution in [2.24, 2.45) is 0 Å². The van der Waals surface area contributed by atoms with Gasteiger partial charge in [-0.3, -0.25) is 0 Å². The Balaban J connectivity index is 0.00000133. The van der Waals surface area contributed by atoms with E-state index >= 15 is 0 Å². The largest absolute Gasteiger partial charge is 0.344 e. The van der Waals surface area contributed by atoms with Crippen LogP contribution in [0.15, 0.2) is 48.5 Å². The van der Waals surface area contributed by atoms with Gasteiger partial charge in [0.2, 0.25) is 0 Å². The van der Waals surface area contributed by atoms with Crippen LogP contribution in [0.5, 0.6) is 0 Å². The predicted octanol–water partition coefficient (Wildman–Crippen LogP) is 4.83. The van der Waals surface area contributed by atoms with Crippen LogP contribution in [0, 0.1) is 0 Å². The molecular formula is C18H23N. The fourth-order valence-corrected chi connectivity index (χ4v) is 3.39. The lowest BCUT2D eigenvalue weighted by atomic mass is 9.76. The van der Waals surface area contributed by atoms with E-state index in [0.717, 1.165) is 6.42 Å². The van der Waals surface area contributed by atoms with Crippen molar-refractivity contribution in [3.8, 4) is 0 Å². The molecule has 3 rings (SSSR count). The maximum Gasteiger partial charge on any atom is 0.0152 e. The van der Waals surface area contributed by atoms with Crippen molar-refractivity contribution in [1.29, 1.82) is 0 Å². The first-order valence-electron chi connectivity index (χ1n) is 6.78. The minimum Gasteiger partial charge on any atom is -0.344 e. The molecule has 19 heavy (non-hydrogen) atoms. The van der Waals surface area contributed by atoms with Crippen LogP contribution in [-0.4, -0.2) is 0 Å². The van der Waals surface area contributed by atoms with Crippen LogP contribution < -0.4 is 6.15 Å². The lowest BCUT2D eigenvalue weighted by molar-refractivity contribution is 0.635. The highest BCUT2D eigenvalue weighted by Gasteiger charge is 2.32. The average Bonchev–Trinajstić information content (AvgIpc) is 2.46. The number of rotatable bonds is 0. The molecule has 0 amide bonds. The van der Waals surface area contributed by atoms with Crippen molar-refractivity contribution in [2.75, 3.05) is 0 Å². The van der Waals surface area contributed by atoms with E-state index in [4.69, 9.17) is 0 Å². The second kappa shape index (κ2) is 4.82. The second-order valence-corrected chi connectivity index (χ2v) is 5.97. The maximum absolute atomic E-state index is 2.35. The molecule has 2 aromatic rings. The SMILES string of the molecule is C[C@@H]1Cc2ccccc2C(C)(C)c2ccccc21.N. The average molecular weight is 253 g/mol. The quantitative estimate of drug-likeness (QED) is 0.716. The molecule has 1 aliphatic rings. The highest BCUT2D eigenvalue weighted by atomic mass is 14.4. The van der Waals surface area contributed by atoms with Crippen LogP contribution in [0.4, 0.5) is 0 Å². The lowest BCUT2D eigenvalue weighted by Gasteiger charge is -2.28. The van der Waals surface area contributed by atoms with E-state index in [1.165, 1.54) is 22.3 Å². The number of hydrogen-bond acceptors (Lipinski definition) is 1. The van der Waals surface area contributed by atoms with Crippen molar-refractivity contribution < 1.29 is 0 Å². The molecule has 0 bridgehead atoms. The Labute approximate surface area is 116 Å². The molecule has 0 fully saturated rings. The van der Waals surface area contributed by atoms with Gasteiger partial charge in [0.15, 0.2) is 0 Å². The minimum absolute atomic E-state index is 0. The molecule has 2 aromatic carbocycles. The van der Waals surface area contributed by atoms with Crippen LogP contribution in [0.1, 0.15) is 48.9 Å². The zero-order valence-corrected chi connectivity index (χ0v) is 12.1. The molecule has 1 heteroatoms. The monoisotopic (exact) mass is 253 g/mol. The molecule has 1 aliphatic carbocycles. The highest BCUT2D eigenvalue weighted by molar-refractivity contribution is 5.49. The summed E-state index contributed by atoms with van der Waals surface area (Å²) in [5.74, 6) is 0.601. The predicted molar refractivity (Wildman–Crippen MR) is 82.2 cm³/mol. The third kappa shape index (κ3) is 2.08. The van der Waals surface area contributed by atoms with E-state index in [1.54, 1.807) is 0 Å². The minimum atomic E-state index is 0. The molecule has 0 aliphatic heterocycles. The molecule has 0 heterocycles. The summed E-state index contributed by atoms with van der Waals surface area (Å²) in [4.78, 5) is 0. The lowest BCUT2D eigenvalue weighted by Crippen LogP contribution is -2.20. The first-order valence-corrected chi connectivity index (χ1v) is 6.78. The Bertz CT molecular complexity index is 584. The standard InChI is InChI=1S/C18H20.H3N/c1-13-12-14-8-4-6-10-16(14)18(2,3)17-11-7-5-9-15(13)17;/h4-11,13H,12H2,1-3H3;1H3/t13-;/m1./s1. The van der Waals surface area contributed by atoms with E-state index in [2.05, 4.69) is 69.3 Å². The Morgan fingerprint density at radius 2 is 1.47 bits per heavy atom. The highest BCUT2D eigenvalue weighted by Crippen LogP contribution is 2.42. The van der Waals surface area contributed by atoms with E-state index in [-0.39, 0.29) is 11.6 Å². The van der Waals surface area contributed by atoms with Gasteiger partial charge in [0.25, 0.3) is 0 Å². The topological polar surface area (TPSA) is 35.0 Å². The summed E-state index contributed by atoms with van der Waals surface area (Å²) in [6, 6.07) is 17.9. The van der Waals surface area contributed by atoms with Crippen molar-refractivity contribution in [3.05, 3.63) is 70.8 Å². The van der Waals surface area contributed by atoms with Gasteiger partial charge in [-0.1, -0.05) is 69.3 Å². The summed E-state index contributed by atoms with van der Waals surface area (Å²) in [6.07, 6.45) is 1.15. The van der Waals surface area contributed by atoms with Gasteiger partial charge in [-0.25, -0.2) is 0 Å². The third-order valence-electron chi connectivity index (χ3n) is 4.38. The molecule has 0 radical (unpaired) electrons. The molecule has 3 N–H and O–H groups in total. The van der Waals surface area contributed by atoms with Gasteiger partial charge >= 0.3 is 0 Å². The number of benzene rings is 2. The van der Waals surface area contributed by atoms with Crippen LogP contribution in [0.25, 0.3) is 0 Å². The molecular weight excluding hydrogens is 230 g/mol. The number of hydrogen-bond donors (Lipinski definition) is 1. The van der Waals surface area contributed by atoms with Gasteiger partial charge in [0.05, 0.1) is 0 Å². The van der Waals surface area contributed by atoms with Crippen LogP contribution in [0.2, 0.25) is 0 Å². The van der Waals surface area contributed by atoms with Crippen molar-refractivity contribution in [3.63, 3.8) is 0 Å². The molecule has 1 nitrogen and oxygen atoms in total. The molecule has 0 spiro atoms. The summed E-state index contributed by atoms with van der Waals surface area (Å²) in [7, 11) is 0. The first kappa shape index (κ1) is 13.8. The summed E-state index contributed by atoms with van der Waals surface area (Å²) in [6.45, 7) is 7.04. The number of fused-ring (bicyclic) bond motifs is 2.